The van der Waals surface area contributed by atoms with Crippen LogP contribution in [0.2, 0.25) is 0 Å². The Balaban J connectivity index is 1.89. The van der Waals surface area contributed by atoms with Gasteiger partial charge in [-0.1, -0.05) is 68.4 Å². The van der Waals surface area contributed by atoms with E-state index in [0.717, 1.165) is 27.8 Å². The number of rotatable bonds is 6. The zero-order valence-electron chi connectivity index (χ0n) is 21.3. The van der Waals surface area contributed by atoms with Gasteiger partial charge in [0.1, 0.15) is 11.3 Å². The highest BCUT2D eigenvalue weighted by Crippen LogP contribution is 2.49. The van der Waals surface area contributed by atoms with Crippen LogP contribution in [0.4, 0.5) is 0 Å². The molecule has 0 N–H and O–H groups in total. The molecule has 5 rings (SSSR count). The molecule has 0 saturated heterocycles. The summed E-state index contributed by atoms with van der Waals surface area (Å²) in [5.74, 6) is 1.53. The topological polar surface area (TPSA) is 52.6 Å². The molecule has 0 bridgehead atoms. The van der Waals surface area contributed by atoms with Gasteiger partial charge in [0, 0.05) is 11.1 Å². The van der Waals surface area contributed by atoms with E-state index in [1.54, 1.807) is 6.26 Å². The van der Waals surface area contributed by atoms with Crippen molar-refractivity contribution in [2.45, 2.75) is 40.5 Å². The van der Waals surface area contributed by atoms with Gasteiger partial charge in [-0.25, -0.2) is 4.79 Å². The van der Waals surface area contributed by atoms with Crippen molar-refractivity contribution in [3.05, 3.63) is 95.2 Å². The largest absolute Gasteiger partial charge is 0.462 e. The van der Waals surface area contributed by atoms with Crippen molar-refractivity contribution in [2.24, 2.45) is 0 Å². The molecular formula is C32H30O4. The van der Waals surface area contributed by atoms with Crippen molar-refractivity contribution >= 4 is 5.97 Å². The minimum Gasteiger partial charge on any atom is -0.462 e. The second-order valence-electron chi connectivity index (χ2n) is 9.42. The second-order valence-corrected chi connectivity index (χ2v) is 9.42. The van der Waals surface area contributed by atoms with Crippen LogP contribution >= 0.6 is 0 Å². The van der Waals surface area contributed by atoms with Crippen LogP contribution in [0.15, 0.2) is 81.8 Å². The second kappa shape index (κ2) is 9.54. The van der Waals surface area contributed by atoms with Gasteiger partial charge in [-0.15, -0.1) is 0 Å². The summed E-state index contributed by atoms with van der Waals surface area (Å²) in [6.45, 7) is 10.7. The third-order valence-corrected chi connectivity index (χ3v) is 6.66. The van der Waals surface area contributed by atoms with Gasteiger partial charge in [0.25, 0.3) is 0 Å². The first-order chi connectivity index (χ1) is 17.4. The molecule has 1 aromatic carbocycles. The first kappa shape index (κ1) is 23.7. The Hall–Kier alpha value is -4.05. The molecule has 0 saturated carbocycles. The predicted molar refractivity (Wildman–Crippen MR) is 143 cm³/mol. The Morgan fingerprint density at radius 2 is 1.64 bits per heavy atom. The van der Waals surface area contributed by atoms with Crippen molar-refractivity contribution in [3.63, 3.8) is 0 Å². The van der Waals surface area contributed by atoms with Crippen LogP contribution in [0.25, 0.3) is 45.1 Å². The SMILES string of the molecule is CCOC(=O)c1c(-c2ccccc2)oc(-c2ccco2)c1-c1cc(C)c2cc(C(C)C)ccc(C)c1-2. The third-order valence-electron chi connectivity index (χ3n) is 6.66. The summed E-state index contributed by atoms with van der Waals surface area (Å²) in [4.78, 5) is 13.5. The van der Waals surface area contributed by atoms with Crippen LogP contribution in [0.5, 0.6) is 0 Å². The van der Waals surface area contributed by atoms with Crippen LogP contribution in [-0.4, -0.2) is 12.6 Å². The summed E-state index contributed by atoms with van der Waals surface area (Å²) in [5, 5.41) is 0. The van der Waals surface area contributed by atoms with Crippen molar-refractivity contribution in [3.8, 4) is 45.1 Å². The molecule has 36 heavy (non-hydrogen) atoms. The maximum atomic E-state index is 13.5. The first-order valence-corrected chi connectivity index (χ1v) is 12.4. The van der Waals surface area contributed by atoms with E-state index in [-0.39, 0.29) is 6.61 Å². The first-order valence-electron chi connectivity index (χ1n) is 12.4. The van der Waals surface area contributed by atoms with E-state index < -0.39 is 5.97 Å². The molecule has 0 radical (unpaired) electrons. The quantitative estimate of drug-likeness (QED) is 0.229. The molecule has 0 unspecified atom stereocenters. The maximum Gasteiger partial charge on any atom is 0.342 e. The molecule has 4 nitrogen and oxygen atoms in total. The van der Waals surface area contributed by atoms with Crippen LogP contribution in [0.1, 0.15) is 53.7 Å². The minimum atomic E-state index is -0.416. The molecule has 0 fully saturated rings. The highest BCUT2D eigenvalue weighted by atomic mass is 16.5. The summed E-state index contributed by atoms with van der Waals surface area (Å²) >= 11 is 0. The summed E-state index contributed by atoms with van der Waals surface area (Å²) in [6.07, 6.45) is 1.61. The molecule has 4 heteroatoms. The van der Waals surface area contributed by atoms with Crippen LogP contribution in [-0.2, 0) is 4.74 Å². The number of carbonyl (C=O) groups excluding carboxylic acids is 1. The highest BCUT2D eigenvalue weighted by Gasteiger charge is 2.33. The summed E-state index contributed by atoms with van der Waals surface area (Å²) in [6, 6.07) is 22.1. The molecule has 0 aliphatic heterocycles. The van der Waals surface area contributed by atoms with E-state index in [0.29, 0.717) is 34.3 Å². The fourth-order valence-corrected chi connectivity index (χ4v) is 4.86. The van der Waals surface area contributed by atoms with Crippen molar-refractivity contribution in [1.82, 2.24) is 0 Å². The number of fused-ring (bicyclic) bond motifs is 1. The molecule has 2 aromatic heterocycles. The lowest BCUT2D eigenvalue weighted by atomic mass is 9.93. The van der Waals surface area contributed by atoms with E-state index in [1.807, 2.05) is 49.4 Å². The van der Waals surface area contributed by atoms with Crippen molar-refractivity contribution < 1.29 is 18.4 Å². The predicted octanol–water partition coefficient (Wildman–Crippen LogP) is 8.90. The van der Waals surface area contributed by atoms with Crippen LogP contribution in [0.3, 0.4) is 0 Å². The summed E-state index contributed by atoms with van der Waals surface area (Å²) in [7, 11) is 0. The molecule has 182 valence electrons. The fraction of sp³-hybridized carbons (Fsp3) is 0.219. The zero-order chi connectivity index (χ0) is 25.4. The number of carbonyl (C=O) groups is 1. The fourth-order valence-electron chi connectivity index (χ4n) is 4.86. The molecule has 2 heterocycles. The number of esters is 1. The number of hydrogen-bond donors (Lipinski definition) is 0. The number of hydrogen-bond acceptors (Lipinski definition) is 4. The Kier molecular flexibility index (Phi) is 6.27. The number of benzene rings is 1. The van der Waals surface area contributed by atoms with E-state index >= 15 is 0 Å². The van der Waals surface area contributed by atoms with Gasteiger partial charge < -0.3 is 13.6 Å². The normalized spacial score (nSPS) is 11.4. The molecule has 0 amide bonds. The van der Waals surface area contributed by atoms with Crippen molar-refractivity contribution in [1.29, 1.82) is 0 Å². The van der Waals surface area contributed by atoms with Gasteiger partial charge in [0.15, 0.2) is 11.5 Å². The van der Waals surface area contributed by atoms with E-state index in [2.05, 4.69) is 52.0 Å². The van der Waals surface area contributed by atoms with Gasteiger partial charge in [-0.3, -0.25) is 0 Å². The van der Waals surface area contributed by atoms with Gasteiger partial charge in [-0.2, -0.15) is 0 Å². The van der Waals surface area contributed by atoms with E-state index in [1.165, 1.54) is 11.1 Å². The number of aryl methyl sites for hydroxylation is 2. The van der Waals surface area contributed by atoms with Gasteiger partial charge in [0.2, 0.25) is 0 Å². The molecular weight excluding hydrogens is 448 g/mol. The summed E-state index contributed by atoms with van der Waals surface area (Å²) in [5.41, 5.74) is 8.64. The molecule has 2 aliphatic carbocycles. The standard InChI is InChI=1S/C32H30O4/c1-6-34-32(33)29-28(25-17-21(5)24-18-23(19(2)3)15-14-20(4)27(24)25)31(26-13-10-16-35-26)36-30(29)22-11-8-7-9-12-22/h7-19H,6H2,1-5H3. The summed E-state index contributed by atoms with van der Waals surface area (Å²) < 4.78 is 17.9. The molecule has 3 aromatic rings. The van der Waals surface area contributed by atoms with Gasteiger partial charge in [-0.05, 0) is 72.2 Å². The van der Waals surface area contributed by atoms with Gasteiger partial charge >= 0.3 is 5.97 Å². The highest BCUT2D eigenvalue weighted by molar-refractivity contribution is 6.09. The van der Waals surface area contributed by atoms with Crippen LogP contribution in [0, 0.1) is 13.8 Å². The lowest BCUT2D eigenvalue weighted by Crippen LogP contribution is -2.06. The van der Waals surface area contributed by atoms with Crippen molar-refractivity contribution in [2.75, 3.05) is 6.61 Å². The Morgan fingerprint density at radius 3 is 2.31 bits per heavy atom. The smallest absolute Gasteiger partial charge is 0.342 e. The van der Waals surface area contributed by atoms with Gasteiger partial charge in [0.05, 0.1) is 12.9 Å². The molecule has 0 atom stereocenters. The Bertz CT molecular complexity index is 1490. The van der Waals surface area contributed by atoms with E-state index in [9.17, 15) is 4.79 Å². The van der Waals surface area contributed by atoms with Crippen LogP contribution < -0.4 is 0 Å². The molecule has 0 spiro atoms. The monoisotopic (exact) mass is 478 g/mol. The average molecular weight is 479 g/mol. The van der Waals surface area contributed by atoms with E-state index in [4.69, 9.17) is 13.6 Å². The Morgan fingerprint density at radius 1 is 0.861 bits per heavy atom. The average Bonchev–Trinajstić information content (AvgIpc) is 3.56. The number of ether oxygens (including phenoxy) is 1. The zero-order valence-corrected chi connectivity index (χ0v) is 21.3. The number of furan rings is 2. The Labute approximate surface area is 211 Å². The lowest BCUT2D eigenvalue weighted by molar-refractivity contribution is 0.0527. The minimum absolute atomic E-state index is 0.264. The molecule has 2 aliphatic rings. The maximum absolute atomic E-state index is 13.5. The third kappa shape index (κ3) is 4.03. The lowest BCUT2D eigenvalue weighted by Gasteiger charge is -2.09.